The maximum atomic E-state index is 12.8. The number of H-pyrrole nitrogens is 1. The van der Waals surface area contributed by atoms with Gasteiger partial charge in [-0.1, -0.05) is 5.21 Å². The number of aromatic amines is 1. The molecule has 0 aliphatic rings. The zero-order chi connectivity index (χ0) is 41.8. The van der Waals surface area contributed by atoms with E-state index in [0.717, 1.165) is 12.8 Å². The zero-order valence-corrected chi connectivity index (χ0v) is 32.7. The van der Waals surface area contributed by atoms with Crippen molar-refractivity contribution < 1.29 is 52.2 Å². The van der Waals surface area contributed by atoms with Crippen molar-refractivity contribution in [2.75, 3.05) is 71.0 Å². The van der Waals surface area contributed by atoms with Gasteiger partial charge in [-0.05, 0) is 49.9 Å². The summed E-state index contributed by atoms with van der Waals surface area (Å²) < 4.78 is 38.5. The molecule has 3 heterocycles. The smallest absolute Gasteiger partial charge is 0.471 e. The number of hydrogen-bond donors (Lipinski definition) is 7. The number of benzene rings is 1. The minimum atomic E-state index is -3.95. The summed E-state index contributed by atoms with van der Waals surface area (Å²) in [5.74, 6) is -2.34. The fraction of sp³-hybridized carbons (Fsp3) is 0.500. The van der Waals surface area contributed by atoms with Crippen LogP contribution in [0.2, 0.25) is 0 Å². The molecule has 1 aromatic carbocycles. The molecule has 2 atom stereocenters. The number of unbranched alkanes of at least 4 members (excludes halogenated alkanes) is 1. The van der Waals surface area contributed by atoms with Crippen molar-refractivity contribution in [2.45, 2.75) is 51.2 Å². The molecule has 0 bridgehead atoms. The molecule has 4 rings (SSSR count). The number of carbonyl (C=O) groups excluding carboxylic acids is 2. The van der Waals surface area contributed by atoms with Gasteiger partial charge in [0.1, 0.15) is 6.04 Å². The number of phosphoric ester groups is 1. The van der Waals surface area contributed by atoms with Gasteiger partial charge in [0, 0.05) is 37.5 Å². The van der Waals surface area contributed by atoms with E-state index in [1.54, 1.807) is 16.8 Å². The van der Waals surface area contributed by atoms with Crippen LogP contribution in [0.5, 0.6) is 0 Å². The highest BCUT2D eigenvalue weighted by Gasteiger charge is 2.22. The SMILES string of the molecule is COP(=O)(O)OCCCCc1cn(CCOCCOCCOCCNC(=O)CCC(NC(=O)c2ccc(NCc3cnc4nc(N)[nH]c(=O)c4n3)cc2)C(=O)O)nn1. The molecule has 8 N–H and O–H groups in total. The lowest BCUT2D eigenvalue weighted by Gasteiger charge is -2.15. The number of aliphatic carboxylic acids is 1. The maximum absolute atomic E-state index is 12.8. The Kier molecular flexibility index (Phi) is 18.5. The number of carboxylic acid groups (broad SMARTS) is 1. The van der Waals surface area contributed by atoms with Crippen LogP contribution in [0.4, 0.5) is 11.6 Å². The number of fused-ring (bicyclic) bond motifs is 1. The van der Waals surface area contributed by atoms with Gasteiger partial charge in [0.05, 0.1) is 76.9 Å². The Labute approximate surface area is 332 Å². The first-order chi connectivity index (χ1) is 27.9. The van der Waals surface area contributed by atoms with Crippen molar-refractivity contribution in [3.05, 3.63) is 64.0 Å². The van der Waals surface area contributed by atoms with Crippen molar-refractivity contribution in [1.82, 2.24) is 45.6 Å². The predicted molar refractivity (Wildman–Crippen MR) is 205 cm³/mol. The van der Waals surface area contributed by atoms with E-state index < -0.39 is 31.3 Å². The number of nitrogen functional groups attached to an aromatic ring is 1. The summed E-state index contributed by atoms with van der Waals surface area (Å²) in [6, 6.07) is 4.99. The lowest BCUT2D eigenvalue weighted by molar-refractivity contribution is -0.139. The topological polar surface area (TPSA) is 319 Å². The summed E-state index contributed by atoms with van der Waals surface area (Å²) in [4.78, 5) is 72.8. The van der Waals surface area contributed by atoms with Crippen molar-refractivity contribution in [2.24, 2.45) is 0 Å². The number of amides is 2. The van der Waals surface area contributed by atoms with Crippen molar-refractivity contribution in [1.29, 1.82) is 0 Å². The van der Waals surface area contributed by atoms with Crippen LogP contribution in [0.3, 0.4) is 0 Å². The Hall–Kier alpha value is -5.42. The van der Waals surface area contributed by atoms with Gasteiger partial charge in [-0.25, -0.2) is 24.0 Å². The Bertz CT molecular complexity index is 2030. The number of ether oxygens (including phenoxy) is 3. The molecule has 0 saturated heterocycles. The quantitative estimate of drug-likeness (QED) is 0.0301. The van der Waals surface area contributed by atoms with Crippen LogP contribution in [-0.4, -0.2) is 129 Å². The molecule has 0 fully saturated rings. The minimum absolute atomic E-state index is 0.0490. The molecule has 24 heteroatoms. The molecule has 2 unspecified atom stereocenters. The van der Waals surface area contributed by atoms with Gasteiger partial charge < -0.3 is 45.9 Å². The Balaban J connectivity index is 0.993. The zero-order valence-electron chi connectivity index (χ0n) is 31.8. The molecule has 23 nitrogen and oxygen atoms in total. The second kappa shape index (κ2) is 23.7. The van der Waals surface area contributed by atoms with E-state index in [4.69, 9.17) is 24.5 Å². The highest BCUT2D eigenvalue weighted by atomic mass is 31.2. The molecular weight excluding hydrogens is 785 g/mol. The molecule has 0 aliphatic carbocycles. The third-order valence-corrected chi connectivity index (χ3v) is 9.02. The number of carbonyl (C=O) groups is 3. The average molecular weight is 834 g/mol. The number of hydrogen-bond acceptors (Lipinski definition) is 17. The van der Waals surface area contributed by atoms with Crippen LogP contribution in [0, 0.1) is 0 Å². The Morgan fingerprint density at radius 3 is 2.43 bits per heavy atom. The van der Waals surface area contributed by atoms with Crippen molar-refractivity contribution in [3.8, 4) is 0 Å². The largest absolute Gasteiger partial charge is 0.480 e. The molecule has 0 aliphatic heterocycles. The molecule has 3 aromatic heterocycles. The van der Waals surface area contributed by atoms with E-state index in [2.05, 4.69) is 50.7 Å². The molecule has 0 radical (unpaired) electrons. The number of phosphoric acid groups is 1. The van der Waals surface area contributed by atoms with E-state index in [1.807, 2.05) is 6.20 Å². The standard InChI is InChI=1S/C34H48N11O12P/c1-53-58(51,52)57-13-3-2-4-25-22-45(44-43-25)12-15-55-17-19-56-18-16-54-14-11-36-28(46)10-9-27(33(49)50)40-31(47)23-5-7-24(8-6-23)37-20-26-21-38-30-29(39-26)32(48)42-34(35)41-30/h5-8,21-22,27,37H,2-4,9-20H2,1H3,(H,36,46)(H,40,47)(H,49,50)(H,51,52)(H3,35,38,41,42,48). The second-order valence-electron chi connectivity index (χ2n) is 12.4. The van der Waals surface area contributed by atoms with Gasteiger partial charge in [0.2, 0.25) is 11.9 Å². The normalized spacial score (nSPS) is 12.9. The van der Waals surface area contributed by atoms with E-state index in [0.29, 0.717) is 70.2 Å². The van der Waals surface area contributed by atoms with Crippen LogP contribution in [-0.2, 0) is 56.9 Å². The van der Waals surface area contributed by atoms with Gasteiger partial charge in [0.15, 0.2) is 11.2 Å². The van der Waals surface area contributed by atoms with Crippen LogP contribution < -0.4 is 27.2 Å². The van der Waals surface area contributed by atoms with Crippen LogP contribution in [0.25, 0.3) is 11.2 Å². The molecule has 4 aromatic rings. The minimum Gasteiger partial charge on any atom is -0.480 e. The fourth-order valence-corrected chi connectivity index (χ4v) is 5.48. The fourth-order valence-electron chi connectivity index (χ4n) is 5.02. The third-order valence-electron chi connectivity index (χ3n) is 8.05. The monoisotopic (exact) mass is 833 g/mol. The summed E-state index contributed by atoms with van der Waals surface area (Å²) in [7, 11) is -2.83. The Morgan fingerprint density at radius 2 is 1.71 bits per heavy atom. The molecule has 0 spiro atoms. The van der Waals surface area contributed by atoms with Crippen LogP contribution >= 0.6 is 7.82 Å². The van der Waals surface area contributed by atoms with E-state index in [9.17, 15) is 33.7 Å². The van der Waals surface area contributed by atoms with Crippen LogP contribution in [0.15, 0.2) is 41.5 Å². The number of anilines is 2. The number of nitrogens with zero attached hydrogens (tertiary/aromatic N) is 6. The number of aromatic nitrogens is 7. The van der Waals surface area contributed by atoms with E-state index in [-0.39, 0.29) is 67.7 Å². The molecule has 0 saturated carbocycles. The summed E-state index contributed by atoms with van der Waals surface area (Å²) >= 11 is 0. The molecule has 58 heavy (non-hydrogen) atoms. The maximum Gasteiger partial charge on any atom is 0.471 e. The van der Waals surface area contributed by atoms with E-state index in [1.165, 1.54) is 18.3 Å². The van der Waals surface area contributed by atoms with Gasteiger partial charge >= 0.3 is 13.8 Å². The van der Waals surface area contributed by atoms with Crippen molar-refractivity contribution in [3.63, 3.8) is 0 Å². The van der Waals surface area contributed by atoms with E-state index >= 15 is 0 Å². The van der Waals surface area contributed by atoms with Crippen molar-refractivity contribution >= 4 is 48.4 Å². The number of aryl methyl sites for hydroxylation is 1. The molecule has 2 amide bonds. The third kappa shape index (κ3) is 16.2. The number of carboxylic acids is 1. The number of nitrogens with two attached hydrogens (primary N) is 1. The summed E-state index contributed by atoms with van der Waals surface area (Å²) in [6.45, 7) is 3.06. The summed E-state index contributed by atoms with van der Waals surface area (Å²) in [6.07, 6.45) is 4.96. The molecule has 316 valence electrons. The average Bonchev–Trinajstić information content (AvgIpc) is 3.66. The lowest BCUT2D eigenvalue weighted by Crippen LogP contribution is -2.41. The van der Waals surface area contributed by atoms with Gasteiger partial charge in [-0.3, -0.25) is 28.4 Å². The summed E-state index contributed by atoms with van der Waals surface area (Å²) in [5, 5.41) is 26.0. The Morgan fingerprint density at radius 1 is 0.983 bits per heavy atom. The predicted octanol–water partition coefficient (Wildman–Crippen LogP) is 0.414. The highest BCUT2D eigenvalue weighted by Crippen LogP contribution is 2.41. The van der Waals surface area contributed by atoms with Gasteiger partial charge in [-0.2, -0.15) is 4.98 Å². The second-order valence-corrected chi connectivity index (χ2v) is 14.0. The van der Waals surface area contributed by atoms with Gasteiger partial charge in [-0.15, -0.1) is 5.10 Å². The highest BCUT2D eigenvalue weighted by molar-refractivity contribution is 7.47. The lowest BCUT2D eigenvalue weighted by atomic mass is 10.1. The number of rotatable bonds is 28. The molecular formula is C34H48N11O12P. The van der Waals surface area contributed by atoms with Gasteiger partial charge in [0.25, 0.3) is 11.5 Å². The first-order valence-electron chi connectivity index (χ1n) is 18.2. The summed E-state index contributed by atoms with van der Waals surface area (Å²) in [5.41, 5.74) is 7.30. The number of nitrogens with one attached hydrogen (secondary N) is 4. The van der Waals surface area contributed by atoms with Crippen LogP contribution in [0.1, 0.15) is 47.4 Å². The first kappa shape index (κ1) is 45.3. The first-order valence-corrected chi connectivity index (χ1v) is 19.7.